The molecule has 25 heavy (non-hydrogen) atoms. The van der Waals surface area contributed by atoms with Crippen molar-refractivity contribution in [1.82, 2.24) is 10.2 Å². The SMILES string of the molecule is O=C(NCC(c1ccccc1)C1CC1)N1C[C@@H]2CCC[C@@]2(C(=O)O)C1. The van der Waals surface area contributed by atoms with Crippen molar-refractivity contribution in [2.45, 2.75) is 38.0 Å². The Hall–Kier alpha value is -2.04. The predicted octanol–water partition coefficient (Wildman–Crippen LogP) is 3.08. The van der Waals surface area contributed by atoms with Gasteiger partial charge in [0.25, 0.3) is 0 Å². The van der Waals surface area contributed by atoms with Gasteiger partial charge in [-0.05, 0) is 43.1 Å². The molecular weight excluding hydrogens is 316 g/mol. The number of carbonyl (C=O) groups excluding carboxylic acids is 1. The number of nitrogens with zero attached hydrogens (tertiary/aromatic N) is 1. The minimum absolute atomic E-state index is 0.100. The zero-order valence-electron chi connectivity index (χ0n) is 14.5. The maximum absolute atomic E-state index is 12.6. The van der Waals surface area contributed by atoms with Crippen LogP contribution in [0.3, 0.4) is 0 Å². The predicted molar refractivity (Wildman–Crippen MR) is 94.3 cm³/mol. The highest BCUT2D eigenvalue weighted by Gasteiger charge is 2.55. The molecule has 5 heteroatoms. The van der Waals surface area contributed by atoms with E-state index in [4.69, 9.17) is 0 Å². The summed E-state index contributed by atoms with van der Waals surface area (Å²) in [7, 11) is 0. The summed E-state index contributed by atoms with van der Waals surface area (Å²) in [6.45, 7) is 1.57. The number of carbonyl (C=O) groups is 2. The third-order valence-electron chi connectivity index (χ3n) is 6.48. The molecule has 2 saturated carbocycles. The Balaban J connectivity index is 1.39. The fourth-order valence-corrected chi connectivity index (χ4v) is 4.86. The fourth-order valence-electron chi connectivity index (χ4n) is 4.86. The number of hydrogen-bond acceptors (Lipinski definition) is 2. The summed E-state index contributed by atoms with van der Waals surface area (Å²) in [5.74, 6) is 0.404. The van der Waals surface area contributed by atoms with Gasteiger partial charge in [-0.25, -0.2) is 4.79 Å². The third-order valence-corrected chi connectivity index (χ3v) is 6.48. The highest BCUT2D eigenvalue weighted by atomic mass is 16.4. The number of nitrogens with one attached hydrogen (secondary N) is 1. The van der Waals surface area contributed by atoms with Crippen LogP contribution in [-0.2, 0) is 4.79 Å². The van der Waals surface area contributed by atoms with E-state index in [1.807, 2.05) is 18.2 Å². The second kappa shape index (κ2) is 6.36. The number of hydrogen-bond donors (Lipinski definition) is 2. The summed E-state index contributed by atoms with van der Waals surface area (Å²) in [4.78, 5) is 26.1. The van der Waals surface area contributed by atoms with Gasteiger partial charge in [-0.1, -0.05) is 36.8 Å². The number of fused-ring (bicyclic) bond motifs is 1. The lowest BCUT2D eigenvalue weighted by atomic mass is 9.81. The van der Waals surface area contributed by atoms with E-state index < -0.39 is 11.4 Å². The molecule has 1 saturated heterocycles. The summed E-state index contributed by atoms with van der Waals surface area (Å²) >= 11 is 0. The van der Waals surface area contributed by atoms with E-state index >= 15 is 0 Å². The van der Waals surface area contributed by atoms with Gasteiger partial charge in [-0.15, -0.1) is 0 Å². The Morgan fingerprint density at radius 3 is 2.64 bits per heavy atom. The molecule has 3 aliphatic rings. The van der Waals surface area contributed by atoms with Crippen LogP contribution >= 0.6 is 0 Å². The number of amides is 2. The largest absolute Gasteiger partial charge is 0.481 e. The van der Waals surface area contributed by atoms with Crippen molar-refractivity contribution in [3.63, 3.8) is 0 Å². The van der Waals surface area contributed by atoms with E-state index in [0.717, 1.165) is 12.8 Å². The van der Waals surface area contributed by atoms with Crippen LogP contribution in [0.2, 0.25) is 0 Å². The average Bonchev–Trinajstić information content (AvgIpc) is 3.24. The Bertz CT molecular complexity index is 658. The Labute approximate surface area is 148 Å². The number of aliphatic carboxylic acids is 1. The molecule has 134 valence electrons. The van der Waals surface area contributed by atoms with Crippen LogP contribution in [0.15, 0.2) is 30.3 Å². The number of urea groups is 1. The molecular formula is C20H26N2O3. The number of rotatable bonds is 5. The zero-order valence-corrected chi connectivity index (χ0v) is 14.5. The summed E-state index contributed by atoms with van der Waals surface area (Å²) in [5.41, 5.74) is 0.581. The Kier molecular flexibility index (Phi) is 4.18. The van der Waals surface area contributed by atoms with Gasteiger partial charge in [0, 0.05) is 25.6 Å². The van der Waals surface area contributed by atoms with Crippen molar-refractivity contribution in [2.75, 3.05) is 19.6 Å². The smallest absolute Gasteiger partial charge is 0.317 e. The number of likely N-dealkylation sites (tertiary alicyclic amines) is 1. The van der Waals surface area contributed by atoms with Crippen molar-refractivity contribution >= 4 is 12.0 Å². The van der Waals surface area contributed by atoms with Crippen LogP contribution in [-0.4, -0.2) is 41.6 Å². The molecule has 2 N–H and O–H groups in total. The topological polar surface area (TPSA) is 69.6 Å². The first-order valence-corrected chi connectivity index (χ1v) is 9.41. The second-order valence-electron chi connectivity index (χ2n) is 7.97. The van der Waals surface area contributed by atoms with Gasteiger partial charge in [-0.2, -0.15) is 0 Å². The second-order valence-corrected chi connectivity index (χ2v) is 7.97. The third kappa shape index (κ3) is 3.00. The first kappa shape index (κ1) is 16.4. The molecule has 0 spiro atoms. The van der Waals surface area contributed by atoms with Crippen molar-refractivity contribution in [2.24, 2.45) is 17.3 Å². The standard InChI is InChI=1S/C20H26N2O3/c23-18(24)20-10-4-7-16(20)12-22(13-20)19(25)21-11-17(15-8-9-15)14-5-2-1-3-6-14/h1-3,5-6,15-17H,4,7-13H2,(H,21,25)(H,23,24)/t16-,17?,20+/m0/s1. The molecule has 2 amide bonds. The zero-order chi connectivity index (χ0) is 17.4. The summed E-state index contributed by atoms with van der Waals surface area (Å²) in [6.07, 6.45) is 5.03. The minimum atomic E-state index is -0.731. The van der Waals surface area contributed by atoms with Crippen LogP contribution in [0.4, 0.5) is 4.79 Å². The van der Waals surface area contributed by atoms with E-state index in [0.29, 0.717) is 37.9 Å². The number of benzene rings is 1. The molecule has 1 heterocycles. The first-order valence-electron chi connectivity index (χ1n) is 9.41. The highest BCUT2D eigenvalue weighted by molar-refractivity contribution is 5.80. The minimum Gasteiger partial charge on any atom is -0.481 e. The van der Waals surface area contributed by atoms with E-state index in [-0.39, 0.29) is 11.9 Å². The van der Waals surface area contributed by atoms with Crippen LogP contribution in [0.5, 0.6) is 0 Å². The highest BCUT2D eigenvalue weighted by Crippen LogP contribution is 2.49. The molecule has 0 aromatic heterocycles. The molecule has 2 aliphatic carbocycles. The monoisotopic (exact) mass is 342 g/mol. The van der Waals surface area contributed by atoms with Gasteiger partial charge in [0.1, 0.15) is 0 Å². The molecule has 1 unspecified atom stereocenters. The van der Waals surface area contributed by atoms with Crippen molar-refractivity contribution < 1.29 is 14.7 Å². The molecule has 1 aromatic carbocycles. The first-order chi connectivity index (χ1) is 12.1. The normalized spacial score (nSPS) is 29.3. The molecule has 4 rings (SSSR count). The van der Waals surface area contributed by atoms with Gasteiger partial charge in [-0.3, -0.25) is 4.79 Å². The average molecular weight is 342 g/mol. The van der Waals surface area contributed by atoms with Crippen LogP contribution in [0.1, 0.15) is 43.6 Å². The maximum Gasteiger partial charge on any atom is 0.317 e. The molecule has 0 bridgehead atoms. The molecule has 1 aromatic rings. The molecule has 5 nitrogen and oxygen atoms in total. The van der Waals surface area contributed by atoms with Gasteiger partial charge in [0.15, 0.2) is 0 Å². The van der Waals surface area contributed by atoms with Crippen molar-refractivity contribution in [3.05, 3.63) is 35.9 Å². The summed E-state index contributed by atoms with van der Waals surface area (Å²) in [6, 6.07) is 10.3. The van der Waals surface area contributed by atoms with Crippen LogP contribution in [0, 0.1) is 17.3 Å². The van der Waals surface area contributed by atoms with E-state index in [1.165, 1.54) is 18.4 Å². The summed E-state index contributed by atoms with van der Waals surface area (Å²) < 4.78 is 0. The van der Waals surface area contributed by atoms with Gasteiger partial charge >= 0.3 is 12.0 Å². The van der Waals surface area contributed by atoms with Crippen molar-refractivity contribution in [3.8, 4) is 0 Å². The number of carboxylic acids is 1. The Morgan fingerprint density at radius 2 is 2.00 bits per heavy atom. The lowest BCUT2D eigenvalue weighted by molar-refractivity contribution is -0.149. The molecule has 0 radical (unpaired) electrons. The quantitative estimate of drug-likeness (QED) is 0.864. The number of carboxylic acid groups (broad SMARTS) is 1. The summed E-state index contributed by atoms with van der Waals surface area (Å²) in [5, 5.41) is 12.7. The lowest BCUT2D eigenvalue weighted by Gasteiger charge is -2.24. The maximum atomic E-state index is 12.6. The van der Waals surface area contributed by atoms with Gasteiger partial charge < -0.3 is 15.3 Å². The van der Waals surface area contributed by atoms with E-state index in [1.54, 1.807) is 4.90 Å². The molecule has 3 fully saturated rings. The van der Waals surface area contributed by atoms with E-state index in [2.05, 4.69) is 17.4 Å². The van der Waals surface area contributed by atoms with Gasteiger partial charge in [0.05, 0.1) is 5.41 Å². The fraction of sp³-hybridized carbons (Fsp3) is 0.600. The Morgan fingerprint density at radius 1 is 1.24 bits per heavy atom. The molecule has 3 atom stereocenters. The van der Waals surface area contributed by atoms with Crippen molar-refractivity contribution in [1.29, 1.82) is 0 Å². The van der Waals surface area contributed by atoms with Gasteiger partial charge in [0.2, 0.25) is 0 Å². The van der Waals surface area contributed by atoms with E-state index in [9.17, 15) is 14.7 Å². The lowest BCUT2D eigenvalue weighted by Crippen LogP contribution is -2.43. The van der Waals surface area contributed by atoms with Crippen LogP contribution in [0.25, 0.3) is 0 Å². The van der Waals surface area contributed by atoms with Crippen LogP contribution < -0.4 is 5.32 Å². The molecule has 1 aliphatic heterocycles.